The summed E-state index contributed by atoms with van der Waals surface area (Å²) in [6.45, 7) is 0. The lowest BCUT2D eigenvalue weighted by atomic mass is 10.2. The van der Waals surface area contributed by atoms with Gasteiger partial charge in [-0.15, -0.1) is 0 Å². The first kappa shape index (κ1) is 15.2. The first-order chi connectivity index (χ1) is 10.7. The molecule has 112 valence electrons. The van der Waals surface area contributed by atoms with Crippen LogP contribution >= 0.6 is 0 Å². The number of amides is 1. The van der Waals surface area contributed by atoms with Crippen molar-refractivity contribution in [1.29, 1.82) is 0 Å². The second-order valence-electron chi connectivity index (χ2n) is 4.23. The van der Waals surface area contributed by atoms with Crippen molar-refractivity contribution in [2.45, 2.75) is 0 Å². The van der Waals surface area contributed by atoms with Crippen molar-refractivity contribution in [3.05, 3.63) is 58.5 Å². The van der Waals surface area contributed by atoms with E-state index in [9.17, 15) is 4.79 Å². The molecule has 2 rings (SSSR count). The van der Waals surface area contributed by atoms with Crippen molar-refractivity contribution < 1.29 is 14.3 Å². The number of hydrogen-bond donors (Lipinski definition) is 1. The van der Waals surface area contributed by atoms with Gasteiger partial charge in [0.2, 0.25) is 0 Å². The molecule has 0 aliphatic heterocycles. The molecule has 0 aromatic heterocycles. The molecule has 1 N–H and O–H groups in total. The fraction of sp³-hybridized carbons (Fsp3) is 0.133. The minimum atomic E-state index is -0.280. The van der Waals surface area contributed by atoms with Crippen molar-refractivity contribution in [3.63, 3.8) is 0 Å². The van der Waals surface area contributed by atoms with E-state index < -0.39 is 0 Å². The average Bonchev–Trinajstić information content (AvgIpc) is 2.56. The molecule has 0 aliphatic carbocycles. The van der Waals surface area contributed by atoms with Crippen molar-refractivity contribution in [3.8, 4) is 11.5 Å². The van der Waals surface area contributed by atoms with Gasteiger partial charge in [0.15, 0.2) is 0 Å². The highest BCUT2D eigenvalue weighted by Gasteiger charge is 2.13. The summed E-state index contributed by atoms with van der Waals surface area (Å²) in [6, 6.07) is 11.8. The first-order valence-corrected chi connectivity index (χ1v) is 6.37. The van der Waals surface area contributed by atoms with Gasteiger partial charge >= 0.3 is 0 Å². The summed E-state index contributed by atoms with van der Waals surface area (Å²) in [6.07, 6.45) is 0. The smallest absolute Gasteiger partial charge is 0.255 e. The van der Waals surface area contributed by atoms with Gasteiger partial charge in [0.1, 0.15) is 11.5 Å². The number of hydrogen-bond acceptors (Lipinski definition) is 4. The lowest BCUT2D eigenvalue weighted by Gasteiger charge is -2.13. The van der Waals surface area contributed by atoms with Gasteiger partial charge in [-0.2, -0.15) is 0 Å². The molecule has 2 aromatic rings. The molecule has 0 aliphatic rings. The quantitative estimate of drug-likeness (QED) is 0.515. The monoisotopic (exact) mass is 298 g/mol. The number of rotatable bonds is 5. The van der Waals surface area contributed by atoms with Crippen molar-refractivity contribution in [2.24, 2.45) is 5.11 Å². The molecule has 0 saturated carbocycles. The molecule has 2 aromatic carbocycles. The summed E-state index contributed by atoms with van der Waals surface area (Å²) in [5.41, 5.74) is 9.77. The molecule has 0 unspecified atom stereocenters. The van der Waals surface area contributed by atoms with Crippen LogP contribution in [0.1, 0.15) is 10.4 Å². The number of azide groups is 1. The maximum Gasteiger partial charge on any atom is 0.255 e. The highest BCUT2D eigenvalue weighted by molar-refractivity contribution is 6.05. The lowest BCUT2D eigenvalue weighted by Crippen LogP contribution is -2.12. The molecule has 0 atom stereocenters. The Hall–Kier alpha value is -3.18. The van der Waals surface area contributed by atoms with Crippen molar-refractivity contribution >= 4 is 17.3 Å². The van der Waals surface area contributed by atoms with Gasteiger partial charge in [0.25, 0.3) is 5.91 Å². The van der Waals surface area contributed by atoms with Crippen LogP contribution in [0.4, 0.5) is 11.4 Å². The minimum absolute atomic E-state index is 0.277. The molecule has 0 radical (unpaired) electrons. The Kier molecular flexibility index (Phi) is 4.85. The SMILES string of the molecule is COc1cc(NC(=O)c2ccccc2)c(OC)cc1N=[N+]=[N-]. The van der Waals surface area contributed by atoms with E-state index in [0.29, 0.717) is 22.7 Å². The topological polar surface area (TPSA) is 96.3 Å². The van der Waals surface area contributed by atoms with Crippen LogP contribution in [0.25, 0.3) is 10.4 Å². The molecule has 0 heterocycles. The fourth-order valence-corrected chi connectivity index (χ4v) is 1.89. The molecule has 7 heteroatoms. The summed E-state index contributed by atoms with van der Waals surface area (Å²) in [4.78, 5) is 14.9. The van der Waals surface area contributed by atoms with Crippen LogP contribution in [0, 0.1) is 0 Å². The van der Waals surface area contributed by atoms with Crippen LogP contribution in [0.2, 0.25) is 0 Å². The van der Waals surface area contributed by atoms with E-state index in [1.165, 1.54) is 20.3 Å². The van der Waals surface area contributed by atoms with Crippen LogP contribution in [0.15, 0.2) is 47.6 Å². The Balaban J connectivity index is 2.38. The molecular weight excluding hydrogens is 284 g/mol. The van der Waals surface area contributed by atoms with Gasteiger partial charge in [-0.25, -0.2) is 0 Å². The molecular formula is C15H14N4O3. The maximum absolute atomic E-state index is 12.2. The molecule has 22 heavy (non-hydrogen) atoms. The third-order valence-electron chi connectivity index (χ3n) is 2.94. The molecule has 0 spiro atoms. The van der Waals surface area contributed by atoms with Gasteiger partial charge in [0, 0.05) is 16.5 Å². The van der Waals surface area contributed by atoms with Gasteiger partial charge in [-0.1, -0.05) is 23.3 Å². The van der Waals surface area contributed by atoms with E-state index in [4.69, 9.17) is 15.0 Å². The zero-order chi connectivity index (χ0) is 15.9. The van der Waals surface area contributed by atoms with Gasteiger partial charge in [-0.3, -0.25) is 4.79 Å². The van der Waals surface area contributed by atoms with E-state index in [-0.39, 0.29) is 11.6 Å². The summed E-state index contributed by atoms with van der Waals surface area (Å²) < 4.78 is 10.4. The van der Waals surface area contributed by atoms with Crippen LogP contribution in [-0.4, -0.2) is 20.1 Å². The Morgan fingerprint density at radius 3 is 2.41 bits per heavy atom. The normalized spacial score (nSPS) is 9.55. The van der Waals surface area contributed by atoms with Gasteiger partial charge in [-0.05, 0) is 23.7 Å². The van der Waals surface area contributed by atoms with Crippen LogP contribution in [0.3, 0.4) is 0 Å². The Morgan fingerprint density at radius 2 is 1.82 bits per heavy atom. The fourth-order valence-electron chi connectivity index (χ4n) is 1.89. The number of benzene rings is 2. The largest absolute Gasteiger partial charge is 0.496 e. The number of methoxy groups -OCH3 is 2. The Bertz CT molecular complexity index is 725. The van der Waals surface area contributed by atoms with Crippen LogP contribution < -0.4 is 14.8 Å². The first-order valence-electron chi connectivity index (χ1n) is 6.37. The van der Waals surface area contributed by atoms with Gasteiger partial charge < -0.3 is 14.8 Å². The second kappa shape index (κ2) is 7.01. The van der Waals surface area contributed by atoms with Crippen LogP contribution in [-0.2, 0) is 0 Å². The lowest BCUT2D eigenvalue weighted by molar-refractivity contribution is 0.102. The number of carbonyl (C=O) groups excluding carboxylic acids is 1. The molecule has 0 saturated heterocycles. The Labute approximate surface area is 127 Å². The van der Waals surface area contributed by atoms with Crippen molar-refractivity contribution in [1.82, 2.24) is 0 Å². The number of nitrogens with zero attached hydrogens (tertiary/aromatic N) is 3. The maximum atomic E-state index is 12.2. The number of anilines is 1. The summed E-state index contributed by atoms with van der Waals surface area (Å²) >= 11 is 0. The zero-order valence-electron chi connectivity index (χ0n) is 12.1. The predicted molar refractivity (Wildman–Crippen MR) is 82.7 cm³/mol. The van der Waals surface area contributed by atoms with E-state index in [0.717, 1.165) is 0 Å². The number of carbonyl (C=O) groups is 1. The molecule has 7 nitrogen and oxygen atoms in total. The average molecular weight is 298 g/mol. The molecule has 1 amide bonds. The highest BCUT2D eigenvalue weighted by atomic mass is 16.5. The minimum Gasteiger partial charge on any atom is -0.496 e. The summed E-state index contributed by atoms with van der Waals surface area (Å²) in [5.74, 6) is 0.423. The third kappa shape index (κ3) is 3.28. The highest BCUT2D eigenvalue weighted by Crippen LogP contribution is 2.38. The van der Waals surface area contributed by atoms with E-state index in [2.05, 4.69) is 15.3 Å². The zero-order valence-corrected chi connectivity index (χ0v) is 12.1. The third-order valence-corrected chi connectivity index (χ3v) is 2.94. The van der Waals surface area contributed by atoms with Crippen molar-refractivity contribution in [2.75, 3.05) is 19.5 Å². The summed E-state index contributed by atoms with van der Waals surface area (Å²) in [7, 11) is 2.90. The second-order valence-corrected chi connectivity index (χ2v) is 4.23. The van der Waals surface area contributed by atoms with Crippen LogP contribution in [0.5, 0.6) is 11.5 Å². The number of nitrogens with one attached hydrogen (secondary N) is 1. The summed E-state index contributed by atoms with van der Waals surface area (Å²) in [5, 5.41) is 6.27. The molecule has 0 fully saturated rings. The number of ether oxygens (including phenoxy) is 2. The van der Waals surface area contributed by atoms with E-state index in [1.807, 2.05) is 6.07 Å². The predicted octanol–water partition coefficient (Wildman–Crippen LogP) is 3.90. The van der Waals surface area contributed by atoms with E-state index in [1.54, 1.807) is 30.3 Å². The molecule has 0 bridgehead atoms. The Morgan fingerprint density at radius 1 is 1.14 bits per heavy atom. The van der Waals surface area contributed by atoms with Gasteiger partial charge in [0.05, 0.1) is 25.6 Å². The standard InChI is InChI=1S/C15H14N4O3/c1-21-13-9-12(18-19-16)14(22-2)8-11(13)17-15(20)10-6-4-3-5-7-10/h3-9H,1-2H3,(H,17,20). The van der Waals surface area contributed by atoms with E-state index >= 15 is 0 Å².